The number of ether oxygens (including phenoxy) is 2. The standard InChI is InChI=1S/C25H26N6O3/c1-16(2)34-23-6-4-19(14-27-23)28-25(32)24-21-12-17(3-5-22(21)29-30-24)18-11-20(15-26-13-18)31-7-9-33-10-8-31/h3-6,11-16H,7-10H2,1-2H3,(H,28,32)(H,29,30). The highest BCUT2D eigenvalue weighted by Crippen LogP contribution is 2.28. The summed E-state index contributed by atoms with van der Waals surface area (Å²) in [6, 6.07) is 11.5. The van der Waals surface area contributed by atoms with E-state index in [1.807, 2.05) is 44.4 Å². The predicted molar refractivity (Wildman–Crippen MR) is 130 cm³/mol. The van der Waals surface area contributed by atoms with Crippen LogP contribution in [-0.4, -0.2) is 58.5 Å². The molecule has 4 heterocycles. The number of benzene rings is 1. The number of amides is 1. The van der Waals surface area contributed by atoms with E-state index in [4.69, 9.17) is 9.47 Å². The number of hydrogen-bond donors (Lipinski definition) is 2. The second-order valence-electron chi connectivity index (χ2n) is 8.37. The zero-order valence-corrected chi connectivity index (χ0v) is 19.1. The number of anilines is 2. The lowest BCUT2D eigenvalue weighted by Gasteiger charge is -2.28. The van der Waals surface area contributed by atoms with Crippen LogP contribution in [0.3, 0.4) is 0 Å². The van der Waals surface area contributed by atoms with E-state index in [1.54, 1.807) is 18.3 Å². The number of aromatic amines is 1. The number of carbonyl (C=O) groups is 1. The number of nitrogens with one attached hydrogen (secondary N) is 2. The van der Waals surface area contributed by atoms with Crippen molar-refractivity contribution in [3.63, 3.8) is 0 Å². The molecule has 1 aliphatic rings. The summed E-state index contributed by atoms with van der Waals surface area (Å²) in [5, 5.41) is 10.8. The smallest absolute Gasteiger partial charge is 0.276 e. The Bertz CT molecular complexity index is 1300. The van der Waals surface area contributed by atoms with Crippen molar-refractivity contribution >= 4 is 28.2 Å². The molecule has 34 heavy (non-hydrogen) atoms. The first-order chi connectivity index (χ1) is 16.6. The maximum Gasteiger partial charge on any atom is 0.276 e. The van der Waals surface area contributed by atoms with Crippen molar-refractivity contribution in [2.45, 2.75) is 20.0 Å². The highest BCUT2D eigenvalue weighted by molar-refractivity contribution is 6.11. The average molecular weight is 459 g/mol. The first-order valence-electron chi connectivity index (χ1n) is 11.3. The molecule has 0 atom stereocenters. The second kappa shape index (κ2) is 9.48. The monoisotopic (exact) mass is 458 g/mol. The number of rotatable bonds is 6. The number of aromatic nitrogens is 4. The zero-order valence-electron chi connectivity index (χ0n) is 19.1. The van der Waals surface area contributed by atoms with Crippen LogP contribution in [0.4, 0.5) is 11.4 Å². The third-order valence-corrected chi connectivity index (χ3v) is 5.56. The van der Waals surface area contributed by atoms with E-state index in [1.165, 1.54) is 0 Å². The summed E-state index contributed by atoms with van der Waals surface area (Å²) in [6.07, 6.45) is 5.30. The average Bonchev–Trinajstić information content (AvgIpc) is 3.29. The Labute approximate surface area is 197 Å². The van der Waals surface area contributed by atoms with Crippen molar-refractivity contribution in [1.29, 1.82) is 0 Å². The van der Waals surface area contributed by atoms with Gasteiger partial charge in [0, 0.05) is 36.3 Å². The maximum absolute atomic E-state index is 13.0. The van der Waals surface area contributed by atoms with Crippen LogP contribution in [0.2, 0.25) is 0 Å². The molecule has 1 saturated heterocycles. The molecule has 1 aliphatic heterocycles. The Morgan fingerprint density at radius 1 is 1.09 bits per heavy atom. The molecule has 0 unspecified atom stereocenters. The molecular weight excluding hydrogens is 432 g/mol. The zero-order chi connectivity index (χ0) is 23.5. The molecule has 9 heteroatoms. The van der Waals surface area contributed by atoms with Crippen LogP contribution in [0.25, 0.3) is 22.0 Å². The highest BCUT2D eigenvalue weighted by atomic mass is 16.5. The molecule has 0 spiro atoms. The minimum absolute atomic E-state index is 0.0299. The van der Waals surface area contributed by atoms with Crippen LogP contribution in [0.15, 0.2) is 55.0 Å². The van der Waals surface area contributed by atoms with E-state index in [2.05, 4.69) is 36.4 Å². The van der Waals surface area contributed by atoms with Crippen LogP contribution >= 0.6 is 0 Å². The van der Waals surface area contributed by atoms with Crippen molar-refractivity contribution in [2.24, 2.45) is 0 Å². The Balaban J connectivity index is 1.38. The molecule has 1 aromatic carbocycles. The van der Waals surface area contributed by atoms with Crippen LogP contribution < -0.4 is 15.0 Å². The van der Waals surface area contributed by atoms with Crippen LogP contribution in [0, 0.1) is 0 Å². The summed E-state index contributed by atoms with van der Waals surface area (Å²) in [5.74, 6) is 0.193. The third-order valence-electron chi connectivity index (χ3n) is 5.56. The maximum atomic E-state index is 13.0. The van der Waals surface area contributed by atoms with Crippen LogP contribution in [-0.2, 0) is 4.74 Å². The van der Waals surface area contributed by atoms with Crippen LogP contribution in [0.1, 0.15) is 24.3 Å². The first kappa shape index (κ1) is 21.8. The van der Waals surface area contributed by atoms with Gasteiger partial charge in [0.25, 0.3) is 5.91 Å². The van der Waals surface area contributed by atoms with Gasteiger partial charge in [-0.25, -0.2) is 4.98 Å². The lowest BCUT2D eigenvalue weighted by molar-refractivity contribution is 0.102. The van der Waals surface area contributed by atoms with Gasteiger partial charge < -0.3 is 19.7 Å². The lowest BCUT2D eigenvalue weighted by atomic mass is 10.0. The Morgan fingerprint density at radius 2 is 1.94 bits per heavy atom. The Morgan fingerprint density at radius 3 is 2.71 bits per heavy atom. The van der Waals surface area contributed by atoms with Crippen molar-refractivity contribution < 1.29 is 14.3 Å². The van der Waals surface area contributed by atoms with Gasteiger partial charge in [-0.3, -0.25) is 14.9 Å². The quantitative estimate of drug-likeness (QED) is 0.451. The SMILES string of the molecule is CC(C)Oc1ccc(NC(=O)c2n[nH]c3ccc(-c4cncc(N5CCOCC5)c4)cc23)cn1. The molecule has 0 radical (unpaired) electrons. The van der Waals surface area contributed by atoms with Gasteiger partial charge in [-0.1, -0.05) is 6.07 Å². The molecule has 3 aromatic heterocycles. The molecule has 1 fully saturated rings. The van der Waals surface area contributed by atoms with Crippen molar-refractivity contribution in [1.82, 2.24) is 20.2 Å². The molecule has 4 aromatic rings. The van der Waals surface area contributed by atoms with E-state index < -0.39 is 0 Å². The lowest BCUT2D eigenvalue weighted by Crippen LogP contribution is -2.36. The van der Waals surface area contributed by atoms with Crippen LogP contribution in [0.5, 0.6) is 5.88 Å². The van der Waals surface area contributed by atoms with Gasteiger partial charge in [0.1, 0.15) is 0 Å². The fraction of sp³-hybridized carbons (Fsp3) is 0.280. The third kappa shape index (κ3) is 4.69. The predicted octanol–water partition coefficient (Wildman–Crippen LogP) is 3.90. The molecule has 2 N–H and O–H groups in total. The number of morpholine rings is 1. The fourth-order valence-corrected chi connectivity index (χ4v) is 3.90. The normalized spacial score (nSPS) is 13.9. The molecule has 0 saturated carbocycles. The van der Waals surface area contributed by atoms with Gasteiger partial charge >= 0.3 is 0 Å². The number of nitrogens with zero attached hydrogens (tertiary/aromatic N) is 4. The number of pyridine rings is 2. The molecule has 5 rings (SSSR count). The molecule has 9 nitrogen and oxygen atoms in total. The number of carbonyl (C=O) groups excluding carboxylic acids is 1. The van der Waals surface area contributed by atoms with E-state index in [0.717, 1.165) is 40.8 Å². The second-order valence-corrected chi connectivity index (χ2v) is 8.37. The summed E-state index contributed by atoms with van der Waals surface area (Å²) >= 11 is 0. The summed E-state index contributed by atoms with van der Waals surface area (Å²) in [5.41, 5.74) is 4.66. The highest BCUT2D eigenvalue weighted by Gasteiger charge is 2.17. The molecule has 174 valence electrons. The van der Waals surface area contributed by atoms with Gasteiger partial charge in [0.2, 0.25) is 5.88 Å². The van der Waals surface area contributed by atoms with Gasteiger partial charge in [0.15, 0.2) is 5.69 Å². The van der Waals surface area contributed by atoms with E-state index in [9.17, 15) is 4.79 Å². The van der Waals surface area contributed by atoms with Crippen molar-refractivity contribution in [3.8, 4) is 17.0 Å². The topological polar surface area (TPSA) is 105 Å². The van der Waals surface area contributed by atoms with Crippen molar-refractivity contribution in [2.75, 3.05) is 36.5 Å². The summed E-state index contributed by atoms with van der Waals surface area (Å²) in [7, 11) is 0. The fourth-order valence-electron chi connectivity index (χ4n) is 3.90. The number of hydrogen-bond acceptors (Lipinski definition) is 7. The summed E-state index contributed by atoms with van der Waals surface area (Å²) < 4.78 is 11.0. The molecule has 0 bridgehead atoms. The van der Waals surface area contributed by atoms with E-state index in [0.29, 0.717) is 30.5 Å². The largest absolute Gasteiger partial charge is 0.475 e. The summed E-state index contributed by atoms with van der Waals surface area (Å²) in [4.78, 5) is 23.9. The molecule has 1 amide bonds. The van der Waals surface area contributed by atoms with E-state index in [-0.39, 0.29) is 12.0 Å². The summed E-state index contributed by atoms with van der Waals surface area (Å²) in [6.45, 7) is 6.98. The Kier molecular flexibility index (Phi) is 6.09. The van der Waals surface area contributed by atoms with Gasteiger partial charge in [-0.2, -0.15) is 5.10 Å². The first-order valence-corrected chi connectivity index (χ1v) is 11.3. The minimum Gasteiger partial charge on any atom is -0.475 e. The molecular formula is C25H26N6O3. The number of fused-ring (bicyclic) bond motifs is 1. The number of H-pyrrole nitrogens is 1. The van der Waals surface area contributed by atoms with Gasteiger partial charge in [0.05, 0.1) is 48.6 Å². The van der Waals surface area contributed by atoms with Crippen molar-refractivity contribution in [3.05, 3.63) is 60.7 Å². The van der Waals surface area contributed by atoms with E-state index >= 15 is 0 Å². The molecule has 0 aliphatic carbocycles. The van der Waals surface area contributed by atoms with Gasteiger partial charge in [-0.05, 0) is 43.7 Å². The minimum atomic E-state index is -0.317. The van der Waals surface area contributed by atoms with Gasteiger partial charge in [-0.15, -0.1) is 0 Å². The Hall–Kier alpha value is -3.98.